The number of aromatic nitrogens is 1. The minimum atomic E-state index is -0.942. The lowest BCUT2D eigenvalue weighted by Crippen LogP contribution is -2.29. The van der Waals surface area contributed by atoms with Crippen molar-refractivity contribution in [3.8, 4) is 5.75 Å². The number of carbonyl (C=O) groups is 2. The van der Waals surface area contributed by atoms with E-state index >= 15 is 0 Å². The fraction of sp³-hybridized carbons (Fsp3) is 0.222. The monoisotopic (exact) mass is 488 g/mol. The van der Waals surface area contributed by atoms with E-state index in [2.05, 4.69) is 0 Å². The van der Waals surface area contributed by atoms with Crippen LogP contribution in [-0.2, 0) is 9.59 Å². The number of aliphatic hydroxyl groups excluding tert-OH is 1. The van der Waals surface area contributed by atoms with Gasteiger partial charge >= 0.3 is 5.91 Å². The molecule has 2 aromatic carbocycles. The van der Waals surface area contributed by atoms with Crippen molar-refractivity contribution in [3.05, 3.63) is 82.8 Å². The number of aliphatic hydroxyl groups is 1. The van der Waals surface area contributed by atoms with Gasteiger partial charge in [0.25, 0.3) is 5.78 Å². The summed E-state index contributed by atoms with van der Waals surface area (Å²) >= 11 is 1.33. The molecule has 35 heavy (non-hydrogen) atoms. The maximum atomic E-state index is 13.3. The molecule has 1 atom stereocenters. The Morgan fingerprint density at radius 2 is 1.94 bits per heavy atom. The van der Waals surface area contributed by atoms with Crippen LogP contribution in [0.15, 0.2) is 64.8 Å². The van der Waals surface area contributed by atoms with E-state index in [-0.39, 0.29) is 11.3 Å². The standard InChI is InChI=1S/C27H24N2O5S/c1-4-11-33-18-9-7-17(8-10-18)24(30)21-23(19-6-5-12-34-19)29(26(32)25(21)31)27-28-22-16(3)13-15(2)14-20(22)35-27/h5-10,12-14,23,30H,4,11H2,1-3H3. The molecule has 0 aliphatic carbocycles. The summed E-state index contributed by atoms with van der Waals surface area (Å²) in [5.41, 5.74) is 3.21. The molecule has 0 radical (unpaired) electrons. The second kappa shape index (κ2) is 9.03. The number of fused-ring (bicyclic) bond motifs is 1. The number of hydrogen-bond donors (Lipinski definition) is 1. The van der Waals surface area contributed by atoms with Gasteiger partial charge in [0.1, 0.15) is 23.3 Å². The first-order chi connectivity index (χ1) is 16.9. The highest BCUT2D eigenvalue weighted by molar-refractivity contribution is 7.22. The van der Waals surface area contributed by atoms with Gasteiger partial charge in [0, 0.05) is 5.56 Å². The van der Waals surface area contributed by atoms with Gasteiger partial charge in [-0.25, -0.2) is 4.98 Å². The molecule has 3 heterocycles. The van der Waals surface area contributed by atoms with Gasteiger partial charge in [-0.2, -0.15) is 0 Å². The number of aryl methyl sites for hydroxylation is 2. The summed E-state index contributed by atoms with van der Waals surface area (Å²) in [7, 11) is 0. The van der Waals surface area contributed by atoms with E-state index in [0.717, 1.165) is 27.8 Å². The fourth-order valence-electron chi connectivity index (χ4n) is 4.29. The summed E-state index contributed by atoms with van der Waals surface area (Å²) in [6, 6.07) is 13.2. The van der Waals surface area contributed by atoms with Gasteiger partial charge in [0.15, 0.2) is 5.13 Å². The van der Waals surface area contributed by atoms with E-state index in [1.165, 1.54) is 22.5 Å². The molecule has 1 amide bonds. The Labute approximate surface area is 206 Å². The lowest BCUT2D eigenvalue weighted by atomic mass is 9.99. The zero-order chi connectivity index (χ0) is 24.7. The summed E-state index contributed by atoms with van der Waals surface area (Å²) in [6.45, 7) is 6.56. The fourth-order valence-corrected chi connectivity index (χ4v) is 5.46. The van der Waals surface area contributed by atoms with Crippen molar-refractivity contribution in [2.45, 2.75) is 33.2 Å². The smallest absolute Gasteiger partial charge is 0.302 e. The van der Waals surface area contributed by atoms with Crippen molar-refractivity contribution < 1.29 is 23.8 Å². The third-order valence-corrected chi connectivity index (χ3v) is 6.88. The summed E-state index contributed by atoms with van der Waals surface area (Å²) in [6.07, 6.45) is 2.35. The zero-order valence-electron chi connectivity index (χ0n) is 19.6. The molecule has 1 N–H and O–H groups in total. The van der Waals surface area contributed by atoms with Crippen LogP contribution in [0.1, 0.15) is 41.8 Å². The maximum Gasteiger partial charge on any atom is 0.302 e. The number of ether oxygens (including phenoxy) is 1. The molecular weight excluding hydrogens is 464 g/mol. The van der Waals surface area contributed by atoms with Crippen molar-refractivity contribution in [3.63, 3.8) is 0 Å². The highest BCUT2D eigenvalue weighted by atomic mass is 32.1. The molecule has 1 unspecified atom stereocenters. The van der Waals surface area contributed by atoms with Gasteiger partial charge in [-0.1, -0.05) is 24.3 Å². The Morgan fingerprint density at radius 3 is 2.63 bits per heavy atom. The molecule has 0 spiro atoms. The number of nitrogens with zero attached hydrogens (tertiary/aromatic N) is 2. The minimum Gasteiger partial charge on any atom is -0.507 e. The number of ketones is 1. The Bertz CT molecular complexity index is 1450. The van der Waals surface area contributed by atoms with Crippen LogP contribution in [0.2, 0.25) is 0 Å². The second-order valence-electron chi connectivity index (χ2n) is 8.48. The first kappa shape index (κ1) is 22.9. The molecule has 4 aromatic rings. The number of Topliss-reactive ketones (excluding diaryl/α,β-unsaturated/α-hetero) is 1. The first-order valence-electron chi connectivity index (χ1n) is 11.3. The van der Waals surface area contributed by atoms with Crippen molar-refractivity contribution in [1.82, 2.24) is 4.98 Å². The van der Waals surface area contributed by atoms with Crippen LogP contribution in [0.25, 0.3) is 16.0 Å². The van der Waals surface area contributed by atoms with Crippen molar-refractivity contribution >= 4 is 44.1 Å². The van der Waals surface area contributed by atoms with Gasteiger partial charge in [-0.05, 0) is 73.9 Å². The average molecular weight is 489 g/mol. The summed E-state index contributed by atoms with van der Waals surface area (Å²) in [5, 5.41) is 11.6. The molecule has 0 bridgehead atoms. The normalized spacial score (nSPS) is 17.5. The molecule has 178 valence electrons. The van der Waals surface area contributed by atoms with Crippen LogP contribution in [0.3, 0.4) is 0 Å². The van der Waals surface area contributed by atoms with E-state index < -0.39 is 17.7 Å². The predicted molar refractivity (Wildman–Crippen MR) is 135 cm³/mol. The van der Waals surface area contributed by atoms with Crippen molar-refractivity contribution in [1.29, 1.82) is 0 Å². The summed E-state index contributed by atoms with van der Waals surface area (Å²) < 4.78 is 12.2. The number of furan rings is 1. The molecule has 1 aliphatic heterocycles. The second-order valence-corrected chi connectivity index (χ2v) is 9.49. The molecule has 1 saturated heterocycles. The molecule has 8 heteroatoms. The third kappa shape index (κ3) is 4.00. The third-order valence-electron chi connectivity index (χ3n) is 5.88. The SMILES string of the molecule is CCCOc1ccc(C(O)=C2C(=O)C(=O)N(c3nc4c(C)cc(C)cc4s3)C2c2ccco2)cc1. The van der Waals surface area contributed by atoms with Gasteiger partial charge in [0.2, 0.25) is 0 Å². The molecular formula is C27H24N2O5S. The Balaban J connectivity index is 1.63. The predicted octanol–water partition coefficient (Wildman–Crippen LogP) is 5.92. The Hall–Kier alpha value is -3.91. The van der Waals surface area contributed by atoms with Gasteiger partial charge < -0.3 is 14.3 Å². The number of amides is 1. The topological polar surface area (TPSA) is 92.9 Å². The van der Waals surface area contributed by atoms with Crippen molar-refractivity contribution in [2.24, 2.45) is 0 Å². The highest BCUT2D eigenvalue weighted by Gasteiger charge is 2.49. The van der Waals surface area contributed by atoms with E-state index in [9.17, 15) is 14.7 Å². The lowest BCUT2D eigenvalue weighted by Gasteiger charge is -2.20. The lowest BCUT2D eigenvalue weighted by molar-refractivity contribution is -0.132. The quantitative estimate of drug-likeness (QED) is 0.206. The largest absolute Gasteiger partial charge is 0.507 e. The summed E-state index contributed by atoms with van der Waals surface area (Å²) in [5.74, 6) is -0.804. The Morgan fingerprint density at radius 1 is 1.17 bits per heavy atom. The molecule has 1 fully saturated rings. The number of rotatable bonds is 6. The van der Waals surface area contributed by atoms with Crippen LogP contribution in [0.5, 0.6) is 5.75 Å². The Kier molecular flexibility index (Phi) is 5.90. The number of carbonyl (C=O) groups excluding carboxylic acids is 2. The van der Waals surface area contributed by atoms with E-state index in [1.807, 2.05) is 32.9 Å². The number of benzene rings is 2. The van der Waals surface area contributed by atoms with E-state index in [4.69, 9.17) is 14.1 Å². The van der Waals surface area contributed by atoms with Gasteiger partial charge in [0.05, 0.1) is 28.7 Å². The van der Waals surface area contributed by atoms with E-state index in [1.54, 1.807) is 36.4 Å². The maximum absolute atomic E-state index is 13.3. The summed E-state index contributed by atoms with van der Waals surface area (Å²) in [4.78, 5) is 32.6. The van der Waals surface area contributed by atoms with E-state index in [0.29, 0.717) is 28.8 Å². The van der Waals surface area contributed by atoms with Gasteiger partial charge in [-0.15, -0.1) is 0 Å². The van der Waals surface area contributed by atoms with Crippen LogP contribution in [0.4, 0.5) is 5.13 Å². The average Bonchev–Trinajstić information content (AvgIpc) is 3.57. The molecule has 7 nitrogen and oxygen atoms in total. The van der Waals surface area contributed by atoms with Crippen LogP contribution in [-0.4, -0.2) is 28.4 Å². The van der Waals surface area contributed by atoms with Gasteiger partial charge in [-0.3, -0.25) is 14.5 Å². The van der Waals surface area contributed by atoms with Crippen molar-refractivity contribution in [2.75, 3.05) is 11.5 Å². The minimum absolute atomic E-state index is 0.0423. The van der Waals surface area contributed by atoms with Crippen LogP contribution in [0, 0.1) is 13.8 Å². The first-order valence-corrected chi connectivity index (χ1v) is 12.2. The number of anilines is 1. The zero-order valence-corrected chi connectivity index (χ0v) is 20.4. The molecule has 1 aliphatic rings. The number of thiazole rings is 1. The van der Waals surface area contributed by atoms with Crippen LogP contribution >= 0.6 is 11.3 Å². The van der Waals surface area contributed by atoms with Crippen LogP contribution < -0.4 is 9.64 Å². The molecule has 5 rings (SSSR count). The number of hydrogen-bond acceptors (Lipinski definition) is 7. The molecule has 0 saturated carbocycles. The highest BCUT2D eigenvalue weighted by Crippen LogP contribution is 2.44. The molecule has 2 aromatic heterocycles.